The lowest BCUT2D eigenvalue weighted by Gasteiger charge is -2.34. The van der Waals surface area contributed by atoms with E-state index in [2.05, 4.69) is 0 Å². The van der Waals surface area contributed by atoms with Crippen molar-refractivity contribution in [3.05, 3.63) is 59.7 Å². The lowest BCUT2D eigenvalue weighted by molar-refractivity contribution is -0.145. The van der Waals surface area contributed by atoms with E-state index in [1.165, 1.54) is 0 Å². The summed E-state index contributed by atoms with van der Waals surface area (Å²) >= 11 is 0. The first-order chi connectivity index (χ1) is 12.4. The number of carbonyl (C=O) groups is 2. The number of fused-ring (bicyclic) bond motifs is 2. The molecule has 26 heavy (non-hydrogen) atoms. The van der Waals surface area contributed by atoms with Crippen LogP contribution in [0.3, 0.4) is 0 Å². The van der Waals surface area contributed by atoms with Crippen LogP contribution in [0.4, 0.5) is 0 Å². The van der Waals surface area contributed by atoms with Crippen LogP contribution in [0.2, 0.25) is 0 Å². The molecular weight excluding hydrogens is 334 g/mol. The molecular formula is C20H19NO5. The highest BCUT2D eigenvalue weighted by Gasteiger charge is 2.59. The maximum Gasteiger partial charge on any atom is 0.324 e. The Kier molecular flexibility index (Phi) is 3.73. The molecule has 1 saturated carbocycles. The van der Waals surface area contributed by atoms with Crippen LogP contribution in [-0.4, -0.2) is 27.7 Å². The Morgan fingerprint density at radius 1 is 1.04 bits per heavy atom. The van der Waals surface area contributed by atoms with Crippen LogP contribution in [0.1, 0.15) is 29.9 Å². The van der Waals surface area contributed by atoms with Crippen molar-refractivity contribution in [3.63, 3.8) is 0 Å². The number of para-hydroxylation sites is 2. The van der Waals surface area contributed by atoms with Gasteiger partial charge in [-0.05, 0) is 25.0 Å². The van der Waals surface area contributed by atoms with E-state index in [9.17, 15) is 19.8 Å². The number of benzene rings is 2. The Bertz CT molecular complexity index is 850. The van der Waals surface area contributed by atoms with Crippen LogP contribution >= 0.6 is 0 Å². The molecule has 0 bridgehead atoms. The minimum Gasteiger partial charge on any atom is -0.481 e. The molecule has 1 heterocycles. The number of hydrogen-bond donors (Lipinski definition) is 3. The first kappa shape index (κ1) is 16.6. The number of hydrogen-bond acceptors (Lipinski definition) is 4. The molecule has 3 atom stereocenters. The van der Waals surface area contributed by atoms with Crippen molar-refractivity contribution in [2.75, 3.05) is 0 Å². The van der Waals surface area contributed by atoms with Crippen LogP contribution in [0, 0.1) is 11.8 Å². The van der Waals surface area contributed by atoms with Gasteiger partial charge in [-0.1, -0.05) is 36.4 Å². The van der Waals surface area contributed by atoms with E-state index in [-0.39, 0.29) is 12.3 Å². The zero-order valence-corrected chi connectivity index (χ0v) is 14.0. The normalized spacial score (nSPS) is 23.1. The van der Waals surface area contributed by atoms with Crippen molar-refractivity contribution >= 4 is 11.9 Å². The average Bonchev–Trinajstić information content (AvgIpc) is 3.43. The Morgan fingerprint density at radius 3 is 2.04 bits per heavy atom. The third-order valence-corrected chi connectivity index (χ3v) is 5.52. The minimum atomic E-state index is -1.61. The van der Waals surface area contributed by atoms with Crippen molar-refractivity contribution in [3.8, 4) is 11.5 Å². The molecule has 6 heteroatoms. The molecule has 6 nitrogen and oxygen atoms in total. The molecule has 0 spiro atoms. The van der Waals surface area contributed by atoms with Crippen molar-refractivity contribution in [1.29, 1.82) is 0 Å². The smallest absolute Gasteiger partial charge is 0.324 e. The van der Waals surface area contributed by atoms with Gasteiger partial charge in [0.1, 0.15) is 17.0 Å². The molecule has 0 radical (unpaired) electrons. The van der Waals surface area contributed by atoms with E-state index in [1.54, 1.807) is 0 Å². The third kappa shape index (κ3) is 2.54. The summed E-state index contributed by atoms with van der Waals surface area (Å²) in [5.74, 6) is -2.33. The highest BCUT2D eigenvalue weighted by molar-refractivity contribution is 5.83. The number of carboxylic acid groups (broad SMARTS) is 2. The summed E-state index contributed by atoms with van der Waals surface area (Å²) in [6, 6.07) is 15.0. The standard InChI is InChI=1S/C20H19NO5/c21-20(19(24)25,15-9-13(15)18(22)23)10-14-11-5-1-3-7-16(11)26-17-8-4-2-6-12(14)17/h1-8,13-15H,9-10,21H2,(H,22,23)(H,24,25)/t13?,15-,20+/m1/s1. The zero-order valence-electron chi connectivity index (χ0n) is 14.0. The molecule has 1 aliphatic heterocycles. The molecule has 1 unspecified atom stereocenters. The number of aliphatic carboxylic acids is 2. The molecule has 2 aromatic rings. The summed E-state index contributed by atoms with van der Waals surface area (Å²) in [4.78, 5) is 23.3. The van der Waals surface area contributed by atoms with E-state index in [4.69, 9.17) is 10.5 Å². The van der Waals surface area contributed by atoms with Gasteiger partial charge in [0.2, 0.25) is 0 Å². The van der Waals surface area contributed by atoms with Crippen LogP contribution in [0.25, 0.3) is 0 Å². The molecule has 4 N–H and O–H groups in total. The van der Waals surface area contributed by atoms with Crippen LogP contribution in [0.5, 0.6) is 11.5 Å². The summed E-state index contributed by atoms with van der Waals surface area (Å²) in [5.41, 5.74) is 6.45. The predicted octanol–water partition coefficient (Wildman–Crippen LogP) is 2.82. The molecule has 1 aliphatic carbocycles. The molecule has 0 aromatic heterocycles. The summed E-state index contributed by atoms with van der Waals surface area (Å²) in [6.07, 6.45) is 0.415. The fourth-order valence-electron chi connectivity index (χ4n) is 4.00. The molecule has 0 amide bonds. The molecule has 2 aromatic carbocycles. The fraction of sp³-hybridized carbons (Fsp3) is 0.300. The van der Waals surface area contributed by atoms with Crippen LogP contribution < -0.4 is 10.5 Å². The number of carboxylic acids is 2. The van der Waals surface area contributed by atoms with Gasteiger partial charge < -0.3 is 20.7 Å². The Morgan fingerprint density at radius 2 is 1.58 bits per heavy atom. The van der Waals surface area contributed by atoms with Gasteiger partial charge >= 0.3 is 11.9 Å². The van der Waals surface area contributed by atoms with E-state index in [1.807, 2.05) is 48.5 Å². The molecule has 1 fully saturated rings. The van der Waals surface area contributed by atoms with Gasteiger partial charge in [0.05, 0.1) is 5.92 Å². The maximum atomic E-state index is 12.0. The first-order valence-electron chi connectivity index (χ1n) is 8.52. The second-order valence-corrected chi connectivity index (χ2v) is 7.07. The fourth-order valence-corrected chi connectivity index (χ4v) is 4.00. The SMILES string of the molecule is N[C@](CC1c2ccccc2Oc2ccccc21)(C(=O)O)[C@@H]1CC1C(=O)O. The summed E-state index contributed by atoms with van der Waals surface area (Å²) in [7, 11) is 0. The monoisotopic (exact) mass is 353 g/mol. The zero-order chi connectivity index (χ0) is 18.5. The van der Waals surface area contributed by atoms with E-state index < -0.39 is 29.3 Å². The Balaban J connectivity index is 1.75. The number of ether oxygens (including phenoxy) is 1. The lowest BCUT2D eigenvalue weighted by atomic mass is 9.76. The largest absolute Gasteiger partial charge is 0.481 e. The van der Waals surface area contributed by atoms with Crippen LogP contribution in [-0.2, 0) is 9.59 Å². The predicted molar refractivity (Wildman–Crippen MR) is 93.2 cm³/mol. The van der Waals surface area contributed by atoms with Gasteiger partial charge in [-0.2, -0.15) is 0 Å². The average molecular weight is 353 g/mol. The minimum absolute atomic E-state index is 0.119. The highest BCUT2D eigenvalue weighted by Crippen LogP contribution is 2.53. The number of rotatable bonds is 5. The molecule has 4 rings (SSSR count). The second-order valence-electron chi connectivity index (χ2n) is 7.07. The maximum absolute atomic E-state index is 12.0. The van der Waals surface area contributed by atoms with E-state index in [0.29, 0.717) is 17.9 Å². The lowest BCUT2D eigenvalue weighted by Crippen LogP contribution is -2.52. The van der Waals surface area contributed by atoms with E-state index >= 15 is 0 Å². The Labute approximate surface area is 150 Å². The quantitative estimate of drug-likeness (QED) is 0.762. The second kappa shape index (κ2) is 5.85. The first-order valence-corrected chi connectivity index (χ1v) is 8.52. The number of nitrogens with two attached hydrogens (primary N) is 1. The highest BCUT2D eigenvalue weighted by atomic mass is 16.5. The van der Waals surface area contributed by atoms with Gasteiger partial charge in [0.25, 0.3) is 0 Å². The summed E-state index contributed by atoms with van der Waals surface area (Å²) in [5, 5.41) is 19.0. The molecule has 134 valence electrons. The summed E-state index contributed by atoms with van der Waals surface area (Å²) in [6.45, 7) is 0. The van der Waals surface area contributed by atoms with Crippen molar-refractivity contribution in [2.45, 2.75) is 24.3 Å². The van der Waals surface area contributed by atoms with Gasteiger partial charge in [-0.15, -0.1) is 0 Å². The van der Waals surface area contributed by atoms with Gasteiger partial charge in [0.15, 0.2) is 0 Å². The van der Waals surface area contributed by atoms with Crippen molar-refractivity contribution in [2.24, 2.45) is 17.6 Å². The van der Waals surface area contributed by atoms with Gasteiger partial charge in [-0.25, -0.2) is 0 Å². The van der Waals surface area contributed by atoms with Crippen molar-refractivity contribution < 1.29 is 24.5 Å². The van der Waals surface area contributed by atoms with Gasteiger partial charge in [-0.3, -0.25) is 9.59 Å². The molecule has 0 saturated heterocycles. The Hall–Kier alpha value is -2.86. The van der Waals surface area contributed by atoms with Gasteiger partial charge in [0, 0.05) is 23.0 Å². The van der Waals surface area contributed by atoms with Crippen LogP contribution in [0.15, 0.2) is 48.5 Å². The topological polar surface area (TPSA) is 110 Å². The molecule has 2 aliphatic rings. The summed E-state index contributed by atoms with van der Waals surface area (Å²) < 4.78 is 5.94. The third-order valence-electron chi connectivity index (χ3n) is 5.52. The van der Waals surface area contributed by atoms with E-state index in [0.717, 1.165) is 11.1 Å². The van der Waals surface area contributed by atoms with Crippen molar-refractivity contribution in [1.82, 2.24) is 0 Å².